The molecule has 0 bridgehead atoms. The summed E-state index contributed by atoms with van der Waals surface area (Å²) in [5.74, 6) is -0.395. The summed E-state index contributed by atoms with van der Waals surface area (Å²) in [5.41, 5.74) is 1.29. The van der Waals surface area contributed by atoms with Gasteiger partial charge >= 0.3 is 5.97 Å². The van der Waals surface area contributed by atoms with Gasteiger partial charge in [0.15, 0.2) is 0 Å². The van der Waals surface area contributed by atoms with Crippen molar-refractivity contribution in [2.24, 2.45) is 13.0 Å². The Labute approximate surface area is 140 Å². The molecule has 0 radical (unpaired) electrons. The van der Waals surface area contributed by atoms with E-state index in [0.29, 0.717) is 29.4 Å². The second kappa shape index (κ2) is 6.86. The summed E-state index contributed by atoms with van der Waals surface area (Å²) in [6.45, 7) is 7.38. The number of aryl methyl sites for hydroxylation is 2. The molecule has 0 aliphatic carbocycles. The van der Waals surface area contributed by atoms with E-state index in [-0.39, 0.29) is 23.2 Å². The normalized spacial score (nSPS) is 12.4. The maximum Gasteiger partial charge on any atom is 0.337 e. The molecule has 8 heteroatoms. The van der Waals surface area contributed by atoms with Gasteiger partial charge in [-0.25, -0.2) is 9.78 Å². The highest BCUT2D eigenvalue weighted by molar-refractivity contribution is 6.00. The number of carbonyl (C=O) groups is 2. The highest BCUT2D eigenvalue weighted by Crippen LogP contribution is 2.22. The quantitative estimate of drug-likeness (QED) is 0.748. The third-order valence-corrected chi connectivity index (χ3v) is 3.95. The summed E-state index contributed by atoms with van der Waals surface area (Å²) in [4.78, 5) is 31.1. The van der Waals surface area contributed by atoms with Crippen LogP contribution in [0.4, 0.5) is 0 Å². The minimum absolute atomic E-state index is 0.138. The van der Waals surface area contributed by atoms with Gasteiger partial charge in [0, 0.05) is 12.7 Å². The number of nitrogens with zero attached hydrogens (tertiary/aromatic N) is 3. The fourth-order valence-electron chi connectivity index (χ4n) is 2.85. The largest absolute Gasteiger partial charge is 0.478 e. The van der Waals surface area contributed by atoms with Gasteiger partial charge < -0.3 is 15.4 Å². The second-order valence-corrected chi connectivity index (χ2v) is 6.33. The third kappa shape index (κ3) is 3.47. The summed E-state index contributed by atoms with van der Waals surface area (Å²) in [5, 5.41) is 16.3. The first-order valence-corrected chi connectivity index (χ1v) is 7.79. The van der Waals surface area contributed by atoms with Crippen molar-refractivity contribution in [3.05, 3.63) is 34.7 Å². The number of aromatic nitrogens is 4. The zero-order chi connectivity index (χ0) is 18.0. The number of H-pyrrole nitrogens is 1. The number of hydrogen-bond donors (Lipinski definition) is 3. The summed E-state index contributed by atoms with van der Waals surface area (Å²) >= 11 is 0. The lowest BCUT2D eigenvalue weighted by Crippen LogP contribution is -2.32. The van der Waals surface area contributed by atoms with E-state index in [1.54, 1.807) is 25.6 Å². The molecule has 3 N–H and O–H groups in total. The van der Waals surface area contributed by atoms with E-state index < -0.39 is 5.97 Å². The Balaban J connectivity index is 2.30. The molecule has 0 fully saturated rings. The number of aromatic amines is 1. The zero-order valence-corrected chi connectivity index (χ0v) is 14.5. The van der Waals surface area contributed by atoms with Crippen LogP contribution in [0.5, 0.6) is 0 Å². The number of carboxylic acids is 1. The summed E-state index contributed by atoms with van der Waals surface area (Å²) in [6.07, 6.45) is 2.14. The first-order chi connectivity index (χ1) is 11.2. The lowest BCUT2D eigenvalue weighted by atomic mass is 10.0. The molecule has 2 aromatic heterocycles. The molecule has 1 amide bonds. The van der Waals surface area contributed by atoms with Crippen LogP contribution >= 0.6 is 0 Å². The van der Waals surface area contributed by atoms with Crippen molar-refractivity contribution in [2.75, 3.05) is 0 Å². The molecule has 1 unspecified atom stereocenters. The third-order valence-electron chi connectivity index (χ3n) is 3.95. The van der Waals surface area contributed by atoms with Gasteiger partial charge in [0.25, 0.3) is 5.91 Å². The molecule has 1 atom stereocenters. The average Bonchev–Trinajstić information content (AvgIpc) is 3.01. The van der Waals surface area contributed by atoms with Crippen LogP contribution in [-0.2, 0) is 7.05 Å². The number of amides is 1. The molecule has 0 aliphatic rings. The van der Waals surface area contributed by atoms with Gasteiger partial charge in [0.05, 0.1) is 11.6 Å². The van der Waals surface area contributed by atoms with Gasteiger partial charge in [-0.1, -0.05) is 13.8 Å². The Bertz CT molecular complexity index is 760. The van der Waals surface area contributed by atoms with E-state index in [1.807, 2.05) is 0 Å². The van der Waals surface area contributed by atoms with Gasteiger partial charge in [-0.3, -0.25) is 9.48 Å². The van der Waals surface area contributed by atoms with Crippen molar-refractivity contribution in [1.29, 1.82) is 0 Å². The lowest BCUT2D eigenvalue weighted by Gasteiger charge is -2.19. The number of rotatable bonds is 6. The van der Waals surface area contributed by atoms with Crippen LogP contribution < -0.4 is 5.32 Å². The zero-order valence-electron chi connectivity index (χ0n) is 14.5. The minimum Gasteiger partial charge on any atom is -0.478 e. The van der Waals surface area contributed by atoms with E-state index in [9.17, 15) is 14.7 Å². The van der Waals surface area contributed by atoms with Crippen LogP contribution in [0.2, 0.25) is 0 Å². The molecule has 0 spiro atoms. The van der Waals surface area contributed by atoms with E-state index >= 15 is 0 Å². The van der Waals surface area contributed by atoms with Gasteiger partial charge in [0.2, 0.25) is 0 Å². The fraction of sp³-hybridized carbons (Fsp3) is 0.500. The molecule has 0 saturated carbocycles. The molecule has 0 aromatic carbocycles. The van der Waals surface area contributed by atoms with Crippen molar-refractivity contribution < 1.29 is 14.7 Å². The Morgan fingerprint density at radius 1 is 1.38 bits per heavy atom. The maximum atomic E-state index is 12.7. The molecule has 0 aliphatic heterocycles. The topological polar surface area (TPSA) is 113 Å². The van der Waals surface area contributed by atoms with Gasteiger partial charge in [-0.15, -0.1) is 0 Å². The molecular formula is C16H23N5O3. The molecule has 2 aromatic rings. The molecule has 8 nitrogen and oxygen atoms in total. The first kappa shape index (κ1) is 17.7. The second-order valence-electron chi connectivity index (χ2n) is 6.33. The fourth-order valence-corrected chi connectivity index (χ4v) is 2.85. The van der Waals surface area contributed by atoms with E-state index in [0.717, 1.165) is 0 Å². The Kier molecular flexibility index (Phi) is 5.06. The Hall–Kier alpha value is -2.64. The van der Waals surface area contributed by atoms with Gasteiger partial charge in [-0.2, -0.15) is 5.10 Å². The van der Waals surface area contributed by atoms with Crippen molar-refractivity contribution in [3.63, 3.8) is 0 Å². The minimum atomic E-state index is -1.05. The van der Waals surface area contributed by atoms with Crippen molar-refractivity contribution in [3.8, 4) is 0 Å². The molecular weight excluding hydrogens is 310 g/mol. The molecule has 130 valence electrons. The number of hydrogen-bond acceptors (Lipinski definition) is 4. The van der Waals surface area contributed by atoms with Crippen LogP contribution in [0.1, 0.15) is 64.2 Å². The SMILES string of the molecule is Cc1[nH]c(C(=O)NC(CC(C)C)c2ncnn2C)c(C)c1C(=O)O. The number of carboxylic acid groups (broad SMARTS) is 1. The molecule has 24 heavy (non-hydrogen) atoms. The average molecular weight is 333 g/mol. The summed E-state index contributed by atoms with van der Waals surface area (Å²) < 4.78 is 1.63. The van der Waals surface area contributed by atoms with Crippen LogP contribution in [0, 0.1) is 19.8 Å². The maximum absolute atomic E-state index is 12.7. The van der Waals surface area contributed by atoms with Crippen LogP contribution in [0.25, 0.3) is 0 Å². The summed E-state index contributed by atoms with van der Waals surface area (Å²) in [6, 6.07) is -0.304. The number of aromatic carboxylic acids is 1. The number of nitrogens with one attached hydrogen (secondary N) is 2. The predicted octanol–water partition coefficient (Wildman–Crippen LogP) is 1.98. The first-order valence-electron chi connectivity index (χ1n) is 7.79. The van der Waals surface area contributed by atoms with Crippen LogP contribution in [0.3, 0.4) is 0 Å². The monoisotopic (exact) mass is 333 g/mol. The van der Waals surface area contributed by atoms with Crippen molar-refractivity contribution in [1.82, 2.24) is 25.1 Å². The van der Waals surface area contributed by atoms with Crippen molar-refractivity contribution >= 4 is 11.9 Å². The molecule has 2 rings (SSSR count). The van der Waals surface area contributed by atoms with Gasteiger partial charge in [-0.05, 0) is 31.7 Å². The van der Waals surface area contributed by atoms with Crippen LogP contribution in [-0.4, -0.2) is 36.7 Å². The van der Waals surface area contributed by atoms with E-state index in [2.05, 4.69) is 34.2 Å². The van der Waals surface area contributed by atoms with Gasteiger partial charge in [0.1, 0.15) is 17.8 Å². The lowest BCUT2D eigenvalue weighted by molar-refractivity contribution is 0.0695. The van der Waals surface area contributed by atoms with E-state index in [4.69, 9.17) is 0 Å². The molecule has 2 heterocycles. The van der Waals surface area contributed by atoms with Crippen LogP contribution in [0.15, 0.2) is 6.33 Å². The highest BCUT2D eigenvalue weighted by Gasteiger charge is 2.25. The summed E-state index contributed by atoms with van der Waals surface area (Å²) in [7, 11) is 1.77. The Morgan fingerprint density at radius 2 is 2.04 bits per heavy atom. The predicted molar refractivity (Wildman–Crippen MR) is 87.9 cm³/mol. The molecule has 0 saturated heterocycles. The standard InChI is InChI=1S/C16H23N5O3/c1-8(2)6-11(14-17-7-18-21(14)5)20-15(22)13-9(3)12(16(23)24)10(4)19-13/h7-8,11,19H,6H2,1-5H3,(H,20,22)(H,23,24). The Morgan fingerprint density at radius 3 is 2.50 bits per heavy atom. The smallest absolute Gasteiger partial charge is 0.337 e. The highest BCUT2D eigenvalue weighted by atomic mass is 16.4. The van der Waals surface area contributed by atoms with E-state index in [1.165, 1.54) is 6.33 Å². The number of carbonyl (C=O) groups excluding carboxylic acids is 1. The van der Waals surface area contributed by atoms with Crippen molar-refractivity contribution in [2.45, 2.75) is 40.2 Å².